The molecule has 0 spiro atoms. The molecule has 0 aromatic heterocycles. The van der Waals surface area contributed by atoms with E-state index in [0.717, 1.165) is 16.6 Å². The molecule has 3 N–H and O–H groups in total. The van der Waals surface area contributed by atoms with Gasteiger partial charge in [-0.1, -0.05) is 0 Å². The van der Waals surface area contributed by atoms with Crippen molar-refractivity contribution in [2.45, 2.75) is 39.8 Å². The van der Waals surface area contributed by atoms with Crippen LogP contribution in [0.15, 0.2) is 21.7 Å². The number of benzene rings is 1. The second kappa shape index (κ2) is 7.99. The van der Waals surface area contributed by atoms with Gasteiger partial charge in [0.05, 0.1) is 11.0 Å². The minimum atomic E-state index is -0.975. The SMILES string of the molecule is CC(=O)[C@@H](O)CCNCCn1c2nc(=O)[nH]c(=O)c-2nc2cc(C)c(C)cc21. The molecular formula is C19H23N5O4. The largest absolute Gasteiger partial charge is 0.385 e. The number of ketones is 1. The van der Waals surface area contributed by atoms with Crippen LogP contribution < -0.4 is 16.6 Å². The van der Waals surface area contributed by atoms with Gasteiger partial charge in [0.15, 0.2) is 17.3 Å². The number of nitrogens with zero attached hydrogens (tertiary/aromatic N) is 3. The zero-order valence-corrected chi connectivity index (χ0v) is 16.1. The summed E-state index contributed by atoms with van der Waals surface area (Å²) >= 11 is 0. The molecule has 0 saturated carbocycles. The zero-order valence-electron chi connectivity index (χ0n) is 16.1. The number of rotatable bonds is 7. The summed E-state index contributed by atoms with van der Waals surface area (Å²) < 4.78 is 1.80. The molecular weight excluding hydrogens is 362 g/mol. The van der Waals surface area contributed by atoms with Gasteiger partial charge < -0.3 is 15.0 Å². The number of aliphatic hydroxyl groups excluding tert-OH is 1. The van der Waals surface area contributed by atoms with Gasteiger partial charge in [0.25, 0.3) is 5.56 Å². The molecule has 0 bridgehead atoms. The van der Waals surface area contributed by atoms with E-state index in [4.69, 9.17) is 0 Å². The maximum atomic E-state index is 12.2. The number of fused-ring (bicyclic) bond motifs is 2. The van der Waals surface area contributed by atoms with E-state index < -0.39 is 17.4 Å². The maximum Gasteiger partial charge on any atom is 0.349 e. The summed E-state index contributed by atoms with van der Waals surface area (Å²) in [5.74, 6) is -0.0328. The average molecular weight is 385 g/mol. The van der Waals surface area contributed by atoms with Crippen molar-refractivity contribution >= 4 is 16.8 Å². The Bertz CT molecular complexity index is 1120. The number of H-pyrrole nitrogens is 1. The van der Waals surface area contributed by atoms with Crippen molar-refractivity contribution in [3.05, 3.63) is 44.1 Å². The van der Waals surface area contributed by atoms with Crippen LogP contribution in [0.25, 0.3) is 22.6 Å². The van der Waals surface area contributed by atoms with Crippen LogP contribution in [-0.4, -0.2) is 49.6 Å². The molecule has 28 heavy (non-hydrogen) atoms. The highest BCUT2D eigenvalue weighted by Crippen LogP contribution is 2.23. The summed E-state index contributed by atoms with van der Waals surface area (Å²) in [7, 11) is 0. The van der Waals surface area contributed by atoms with Gasteiger partial charge in [-0.2, -0.15) is 4.98 Å². The van der Waals surface area contributed by atoms with Crippen molar-refractivity contribution in [2.24, 2.45) is 0 Å². The Balaban J connectivity index is 1.96. The Morgan fingerprint density at radius 3 is 2.64 bits per heavy atom. The molecule has 2 aliphatic rings. The molecule has 2 aliphatic heterocycles. The summed E-state index contributed by atoms with van der Waals surface area (Å²) in [6.07, 6.45) is -0.657. The van der Waals surface area contributed by atoms with Gasteiger partial charge in [0, 0.05) is 13.1 Å². The van der Waals surface area contributed by atoms with Gasteiger partial charge in [0.1, 0.15) is 6.10 Å². The van der Waals surface area contributed by atoms with Crippen LogP contribution >= 0.6 is 0 Å². The number of hydrogen-bond donors (Lipinski definition) is 3. The fourth-order valence-corrected chi connectivity index (χ4v) is 3.03. The van der Waals surface area contributed by atoms with Crippen molar-refractivity contribution in [1.29, 1.82) is 0 Å². The average Bonchev–Trinajstić information content (AvgIpc) is 2.62. The lowest BCUT2D eigenvalue weighted by atomic mass is 10.1. The predicted molar refractivity (Wildman–Crippen MR) is 105 cm³/mol. The first-order valence-corrected chi connectivity index (χ1v) is 9.09. The molecule has 0 saturated heterocycles. The summed E-state index contributed by atoms with van der Waals surface area (Å²) in [6, 6.07) is 3.87. The second-order valence-electron chi connectivity index (χ2n) is 6.90. The summed E-state index contributed by atoms with van der Waals surface area (Å²) in [4.78, 5) is 45.6. The zero-order chi connectivity index (χ0) is 20.4. The number of carbonyl (C=O) groups is 1. The lowest BCUT2D eigenvalue weighted by Crippen LogP contribution is -2.31. The third kappa shape index (κ3) is 4.00. The van der Waals surface area contributed by atoms with Gasteiger partial charge in [0.2, 0.25) is 0 Å². The van der Waals surface area contributed by atoms with Crippen LogP contribution in [0.3, 0.4) is 0 Å². The third-order valence-corrected chi connectivity index (χ3v) is 4.80. The minimum Gasteiger partial charge on any atom is -0.385 e. The first-order chi connectivity index (χ1) is 13.3. The molecule has 1 aromatic carbocycles. The van der Waals surface area contributed by atoms with E-state index in [2.05, 4.69) is 20.3 Å². The third-order valence-electron chi connectivity index (χ3n) is 4.80. The molecule has 0 aliphatic carbocycles. The van der Waals surface area contributed by atoms with Crippen LogP contribution in [0.4, 0.5) is 0 Å². The monoisotopic (exact) mass is 385 g/mol. The van der Waals surface area contributed by atoms with Crippen molar-refractivity contribution in [3.8, 4) is 11.5 Å². The van der Waals surface area contributed by atoms with Crippen LogP contribution in [0.2, 0.25) is 0 Å². The number of aromatic amines is 1. The lowest BCUT2D eigenvalue weighted by Gasteiger charge is -2.18. The topological polar surface area (TPSA) is 130 Å². The van der Waals surface area contributed by atoms with Crippen molar-refractivity contribution in [3.63, 3.8) is 0 Å². The molecule has 9 heteroatoms. The minimum absolute atomic E-state index is 0.113. The molecule has 3 rings (SSSR count). The number of nitrogens with one attached hydrogen (secondary N) is 2. The Morgan fingerprint density at radius 1 is 1.21 bits per heavy atom. The molecule has 1 atom stereocenters. The molecule has 0 unspecified atom stereocenters. The van der Waals surface area contributed by atoms with E-state index in [-0.39, 0.29) is 17.3 Å². The number of aromatic nitrogens is 4. The van der Waals surface area contributed by atoms with Crippen molar-refractivity contribution in [2.75, 3.05) is 13.1 Å². The van der Waals surface area contributed by atoms with Gasteiger partial charge >= 0.3 is 5.69 Å². The van der Waals surface area contributed by atoms with E-state index in [0.29, 0.717) is 31.6 Å². The van der Waals surface area contributed by atoms with E-state index in [1.807, 2.05) is 26.0 Å². The molecule has 2 heterocycles. The van der Waals surface area contributed by atoms with Gasteiger partial charge in [-0.3, -0.25) is 14.6 Å². The summed E-state index contributed by atoms with van der Waals surface area (Å²) in [6.45, 7) is 6.69. The Hall–Kier alpha value is -2.91. The quantitative estimate of drug-likeness (QED) is 0.389. The van der Waals surface area contributed by atoms with Gasteiger partial charge in [-0.05, 0) is 57.0 Å². The lowest BCUT2D eigenvalue weighted by molar-refractivity contribution is -0.125. The number of aryl methyl sites for hydroxylation is 2. The molecule has 0 amide bonds. The van der Waals surface area contributed by atoms with Crippen molar-refractivity contribution in [1.82, 2.24) is 24.8 Å². The van der Waals surface area contributed by atoms with Crippen LogP contribution in [0, 0.1) is 13.8 Å². The number of aliphatic hydroxyl groups is 1. The first-order valence-electron chi connectivity index (χ1n) is 9.09. The Morgan fingerprint density at radius 2 is 1.93 bits per heavy atom. The smallest absolute Gasteiger partial charge is 0.349 e. The highest BCUT2D eigenvalue weighted by atomic mass is 16.3. The highest BCUT2D eigenvalue weighted by molar-refractivity contribution is 5.81. The summed E-state index contributed by atoms with van der Waals surface area (Å²) in [5.41, 5.74) is 2.36. The van der Waals surface area contributed by atoms with Gasteiger partial charge in [-0.25, -0.2) is 9.78 Å². The van der Waals surface area contributed by atoms with Crippen LogP contribution in [-0.2, 0) is 11.3 Å². The molecule has 148 valence electrons. The van der Waals surface area contributed by atoms with Crippen LogP contribution in [0.1, 0.15) is 24.5 Å². The van der Waals surface area contributed by atoms with Gasteiger partial charge in [-0.15, -0.1) is 0 Å². The molecule has 9 nitrogen and oxygen atoms in total. The Labute approximate surface area is 160 Å². The van der Waals surface area contributed by atoms with Crippen molar-refractivity contribution < 1.29 is 9.90 Å². The molecule has 0 fully saturated rings. The van der Waals surface area contributed by atoms with E-state index in [9.17, 15) is 19.5 Å². The number of Topliss-reactive ketones (excluding diaryl/α,β-unsaturated/α-hetero) is 1. The van der Waals surface area contributed by atoms with E-state index in [1.54, 1.807) is 4.57 Å². The van der Waals surface area contributed by atoms with E-state index >= 15 is 0 Å². The van der Waals surface area contributed by atoms with E-state index in [1.165, 1.54) is 6.92 Å². The normalized spacial score (nSPS) is 12.6. The standard InChI is InChI=1S/C19H23N5O4/c1-10-8-13-14(9-11(10)2)24(7-6-20-5-4-15(26)12(3)25)17-16(21-13)18(27)23-19(28)22-17/h8-9,15,20,26H,4-7H2,1-3H3,(H,23,27,28)/t15-/m0/s1. The number of hydrogen-bond acceptors (Lipinski definition) is 7. The summed E-state index contributed by atoms with van der Waals surface area (Å²) in [5, 5.41) is 12.7. The maximum absolute atomic E-state index is 12.2. The first kappa shape index (κ1) is 19.8. The van der Waals surface area contributed by atoms with Crippen LogP contribution in [0.5, 0.6) is 0 Å². The highest BCUT2D eigenvalue weighted by Gasteiger charge is 2.19. The Kier molecular flexibility index (Phi) is 5.66. The fourth-order valence-electron chi connectivity index (χ4n) is 3.03. The predicted octanol–water partition coefficient (Wildman–Crippen LogP) is 0.131. The fraction of sp³-hybridized carbons (Fsp3) is 0.421. The molecule has 0 radical (unpaired) electrons. The number of carbonyl (C=O) groups excluding carboxylic acids is 1. The molecule has 1 aromatic rings. The second-order valence-corrected chi connectivity index (χ2v) is 6.90.